The molecule has 0 saturated carbocycles. The SMILES string of the molecule is COC(=O)c1c(NC(=S)N2CCN(C)CC2)sc2c1CCCC2. The summed E-state index contributed by atoms with van der Waals surface area (Å²) in [4.78, 5) is 18.0. The first kappa shape index (κ1) is 16.7. The molecule has 1 aromatic heterocycles. The summed E-state index contributed by atoms with van der Waals surface area (Å²) >= 11 is 7.23. The van der Waals surface area contributed by atoms with Gasteiger partial charge in [-0.15, -0.1) is 11.3 Å². The molecule has 1 aromatic rings. The minimum Gasteiger partial charge on any atom is -0.465 e. The number of hydrogen-bond donors (Lipinski definition) is 1. The van der Waals surface area contributed by atoms with Crippen LogP contribution in [0.25, 0.3) is 0 Å². The predicted octanol–water partition coefficient (Wildman–Crippen LogP) is 2.36. The zero-order chi connectivity index (χ0) is 16.4. The molecule has 0 aromatic carbocycles. The van der Waals surface area contributed by atoms with Crippen LogP contribution >= 0.6 is 23.6 Å². The number of aryl methyl sites for hydroxylation is 1. The first-order valence-electron chi connectivity index (χ1n) is 8.07. The molecule has 0 spiro atoms. The maximum Gasteiger partial charge on any atom is 0.341 e. The smallest absolute Gasteiger partial charge is 0.341 e. The summed E-state index contributed by atoms with van der Waals surface area (Å²) in [6.07, 6.45) is 4.33. The molecule has 0 bridgehead atoms. The highest BCUT2D eigenvalue weighted by Crippen LogP contribution is 2.38. The van der Waals surface area contributed by atoms with E-state index in [1.807, 2.05) is 0 Å². The molecule has 1 N–H and O–H groups in total. The summed E-state index contributed by atoms with van der Waals surface area (Å²) in [5, 5.41) is 4.89. The summed E-state index contributed by atoms with van der Waals surface area (Å²) in [7, 11) is 3.56. The Kier molecular flexibility index (Phi) is 5.18. The standard InChI is InChI=1S/C16H23N3O2S2/c1-18-7-9-19(10-8-18)16(22)17-14-13(15(20)21-2)11-5-3-4-6-12(11)23-14/h3-10H2,1-2H3,(H,17,22). The van der Waals surface area contributed by atoms with E-state index in [-0.39, 0.29) is 5.97 Å². The lowest BCUT2D eigenvalue weighted by molar-refractivity contribution is 0.0601. The number of hydrogen-bond acceptors (Lipinski definition) is 5. The van der Waals surface area contributed by atoms with Crippen molar-refractivity contribution >= 4 is 39.6 Å². The number of thiophene rings is 1. The zero-order valence-electron chi connectivity index (χ0n) is 13.7. The zero-order valence-corrected chi connectivity index (χ0v) is 15.3. The lowest BCUT2D eigenvalue weighted by atomic mass is 9.95. The van der Waals surface area contributed by atoms with Crippen LogP contribution in [-0.2, 0) is 17.6 Å². The molecule has 2 aliphatic rings. The monoisotopic (exact) mass is 353 g/mol. The summed E-state index contributed by atoms with van der Waals surface area (Å²) in [5.74, 6) is -0.256. The van der Waals surface area contributed by atoms with Crippen molar-refractivity contribution in [3.8, 4) is 0 Å². The van der Waals surface area contributed by atoms with Crippen LogP contribution in [0.15, 0.2) is 0 Å². The van der Waals surface area contributed by atoms with Crippen LogP contribution in [0.1, 0.15) is 33.6 Å². The molecule has 23 heavy (non-hydrogen) atoms. The molecule has 1 aliphatic heterocycles. The van der Waals surface area contributed by atoms with Gasteiger partial charge in [0.15, 0.2) is 5.11 Å². The second-order valence-corrected chi connectivity index (χ2v) is 7.62. The molecule has 126 valence electrons. The summed E-state index contributed by atoms with van der Waals surface area (Å²) in [6.45, 7) is 3.85. The molecule has 2 heterocycles. The number of ether oxygens (including phenoxy) is 1. The van der Waals surface area contributed by atoms with Crippen LogP contribution in [0.4, 0.5) is 5.00 Å². The Balaban J connectivity index is 1.80. The summed E-state index contributed by atoms with van der Waals surface area (Å²) in [6, 6.07) is 0. The van der Waals surface area contributed by atoms with Gasteiger partial charge in [0.2, 0.25) is 0 Å². The molecule has 1 aliphatic carbocycles. The van der Waals surface area contributed by atoms with E-state index < -0.39 is 0 Å². The molecule has 0 atom stereocenters. The van der Waals surface area contributed by atoms with E-state index in [1.165, 1.54) is 18.4 Å². The van der Waals surface area contributed by atoms with Gasteiger partial charge in [0.1, 0.15) is 5.00 Å². The van der Waals surface area contributed by atoms with Crippen molar-refractivity contribution in [2.45, 2.75) is 25.7 Å². The molecule has 3 rings (SSSR count). The third-order valence-electron chi connectivity index (χ3n) is 4.57. The van der Waals surface area contributed by atoms with Crippen LogP contribution in [0.3, 0.4) is 0 Å². The lowest BCUT2D eigenvalue weighted by Gasteiger charge is -2.34. The van der Waals surface area contributed by atoms with E-state index in [4.69, 9.17) is 17.0 Å². The number of anilines is 1. The van der Waals surface area contributed by atoms with Crippen LogP contribution in [0.5, 0.6) is 0 Å². The fourth-order valence-electron chi connectivity index (χ4n) is 3.16. The average molecular weight is 354 g/mol. The van der Waals surface area contributed by atoms with E-state index in [9.17, 15) is 4.79 Å². The molecule has 0 radical (unpaired) electrons. The molecule has 5 nitrogen and oxygen atoms in total. The van der Waals surface area contributed by atoms with Crippen LogP contribution in [0.2, 0.25) is 0 Å². The van der Waals surface area contributed by atoms with Gasteiger partial charge in [-0.25, -0.2) is 4.79 Å². The van der Waals surface area contributed by atoms with Gasteiger partial charge in [0, 0.05) is 31.1 Å². The predicted molar refractivity (Wildman–Crippen MR) is 97.6 cm³/mol. The number of methoxy groups -OCH3 is 1. The van der Waals surface area contributed by atoms with Gasteiger partial charge in [-0.05, 0) is 50.5 Å². The maximum atomic E-state index is 12.2. The van der Waals surface area contributed by atoms with Gasteiger partial charge in [0.25, 0.3) is 0 Å². The Morgan fingerprint density at radius 1 is 1.22 bits per heavy atom. The fraction of sp³-hybridized carbons (Fsp3) is 0.625. The van der Waals surface area contributed by atoms with E-state index in [1.54, 1.807) is 11.3 Å². The third-order valence-corrected chi connectivity index (χ3v) is 6.14. The number of carbonyl (C=O) groups excluding carboxylic acids is 1. The van der Waals surface area contributed by atoms with Crippen molar-refractivity contribution < 1.29 is 9.53 Å². The Hall–Kier alpha value is -1.18. The van der Waals surface area contributed by atoms with Crippen molar-refractivity contribution in [2.24, 2.45) is 0 Å². The second kappa shape index (κ2) is 7.15. The van der Waals surface area contributed by atoms with Crippen LogP contribution in [0, 0.1) is 0 Å². The van der Waals surface area contributed by atoms with Crippen LogP contribution < -0.4 is 5.32 Å². The first-order chi connectivity index (χ1) is 11.1. The summed E-state index contributed by atoms with van der Waals surface area (Å²) in [5.41, 5.74) is 1.86. The van der Waals surface area contributed by atoms with Crippen LogP contribution in [-0.4, -0.2) is 61.2 Å². The van der Waals surface area contributed by atoms with E-state index in [0.717, 1.165) is 56.0 Å². The number of thiocarbonyl (C=S) groups is 1. The highest BCUT2D eigenvalue weighted by molar-refractivity contribution is 7.80. The minimum absolute atomic E-state index is 0.256. The molecule has 0 amide bonds. The second-order valence-electron chi connectivity index (χ2n) is 6.13. The average Bonchev–Trinajstić information content (AvgIpc) is 2.92. The molecule has 1 saturated heterocycles. The topological polar surface area (TPSA) is 44.8 Å². The molecule has 7 heteroatoms. The number of nitrogens with zero attached hydrogens (tertiary/aromatic N) is 2. The Bertz CT molecular complexity index is 607. The largest absolute Gasteiger partial charge is 0.465 e. The number of esters is 1. The van der Waals surface area contributed by atoms with Gasteiger partial charge in [-0.2, -0.15) is 0 Å². The van der Waals surface area contributed by atoms with E-state index in [0.29, 0.717) is 10.7 Å². The molecule has 0 unspecified atom stereocenters. The van der Waals surface area contributed by atoms with Gasteiger partial charge in [-0.3, -0.25) is 0 Å². The number of carbonyl (C=O) groups is 1. The van der Waals surface area contributed by atoms with Crippen molar-refractivity contribution in [1.29, 1.82) is 0 Å². The molecule has 1 fully saturated rings. The van der Waals surface area contributed by atoms with E-state index in [2.05, 4.69) is 22.2 Å². The highest BCUT2D eigenvalue weighted by Gasteiger charge is 2.27. The van der Waals surface area contributed by atoms with Crippen molar-refractivity contribution in [3.63, 3.8) is 0 Å². The molecular weight excluding hydrogens is 330 g/mol. The summed E-state index contributed by atoms with van der Waals surface area (Å²) < 4.78 is 5.01. The van der Waals surface area contributed by atoms with Gasteiger partial charge >= 0.3 is 5.97 Å². The normalized spacial score (nSPS) is 18.4. The highest BCUT2D eigenvalue weighted by atomic mass is 32.1. The number of fused-ring (bicyclic) bond motifs is 1. The Morgan fingerprint density at radius 3 is 2.61 bits per heavy atom. The van der Waals surface area contributed by atoms with Crippen molar-refractivity contribution in [1.82, 2.24) is 9.80 Å². The van der Waals surface area contributed by atoms with Gasteiger partial charge < -0.3 is 19.9 Å². The minimum atomic E-state index is -0.256. The Morgan fingerprint density at radius 2 is 1.91 bits per heavy atom. The van der Waals surface area contributed by atoms with Crippen molar-refractivity contribution in [3.05, 3.63) is 16.0 Å². The quantitative estimate of drug-likeness (QED) is 0.650. The fourth-order valence-corrected chi connectivity index (χ4v) is 4.78. The van der Waals surface area contributed by atoms with Gasteiger partial charge in [0.05, 0.1) is 12.7 Å². The molecular formula is C16H23N3O2S2. The maximum absolute atomic E-state index is 12.2. The third kappa shape index (κ3) is 3.51. The number of nitrogens with one attached hydrogen (secondary N) is 1. The number of piperazine rings is 1. The first-order valence-corrected chi connectivity index (χ1v) is 9.30. The number of rotatable bonds is 2. The van der Waals surface area contributed by atoms with Gasteiger partial charge in [-0.1, -0.05) is 0 Å². The Labute approximate surface area is 146 Å². The number of likely N-dealkylation sites (N-methyl/N-ethyl adjacent to an activating group) is 1. The van der Waals surface area contributed by atoms with Crippen molar-refractivity contribution in [2.75, 3.05) is 45.7 Å². The lowest BCUT2D eigenvalue weighted by Crippen LogP contribution is -2.48. The van der Waals surface area contributed by atoms with E-state index >= 15 is 0 Å².